The number of imidazole rings is 1. The van der Waals surface area contributed by atoms with Crippen LogP contribution in [0.4, 0.5) is 5.95 Å². The van der Waals surface area contributed by atoms with Gasteiger partial charge in [-0.2, -0.15) is 0 Å². The van der Waals surface area contributed by atoms with Crippen molar-refractivity contribution >= 4 is 5.95 Å². The van der Waals surface area contributed by atoms with Crippen LogP contribution in [0.5, 0.6) is 0 Å². The van der Waals surface area contributed by atoms with Crippen molar-refractivity contribution in [2.24, 2.45) is 7.05 Å². The molecule has 4 rings (SSSR count). The Balaban J connectivity index is 1.69. The fourth-order valence-corrected chi connectivity index (χ4v) is 3.56. The topological polar surface area (TPSA) is 30.3 Å². The molecule has 1 fully saturated rings. The van der Waals surface area contributed by atoms with E-state index >= 15 is 0 Å². The molecule has 2 aromatic carbocycles. The van der Waals surface area contributed by atoms with Crippen molar-refractivity contribution in [2.75, 3.05) is 31.2 Å². The number of nitrogens with zero attached hydrogens (tertiary/aromatic N) is 3. The molecule has 2 heterocycles. The zero-order chi connectivity index (χ0) is 17.8. The quantitative estimate of drug-likeness (QED) is 0.708. The molecular weight excluding hydrogens is 322 g/mol. The average Bonchev–Trinajstić information content (AvgIpc) is 3.00. The van der Waals surface area contributed by atoms with Gasteiger partial charge in [-0.15, -0.1) is 0 Å². The van der Waals surface area contributed by atoms with Crippen molar-refractivity contribution in [1.82, 2.24) is 9.55 Å². The van der Waals surface area contributed by atoms with Crippen molar-refractivity contribution < 1.29 is 4.74 Å². The molecule has 0 bridgehead atoms. The Morgan fingerprint density at radius 1 is 0.846 bits per heavy atom. The summed E-state index contributed by atoms with van der Waals surface area (Å²) in [5.74, 6) is 1.06. The van der Waals surface area contributed by atoms with E-state index in [-0.39, 0.29) is 0 Å². The first-order chi connectivity index (χ1) is 12.8. The molecule has 0 saturated carbocycles. The molecule has 134 valence electrons. The summed E-state index contributed by atoms with van der Waals surface area (Å²) in [5, 5.41) is 0. The van der Waals surface area contributed by atoms with Gasteiger partial charge in [0.05, 0.1) is 18.9 Å². The van der Waals surface area contributed by atoms with E-state index in [4.69, 9.17) is 9.72 Å². The zero-order valence-corrected chi connectivity index (χ0v) is 15.3. The zero-order valence-electron chi connectivity index (χ0n) is 15.3. The van der Waals surface area contributed by atoms with Crippen molar-refractivity contribution in [3.63, 3.8) is 0 Å². The molecule has 1 aromatic heterocycles. The van der Waals surface area contributed by atoms with E-state index in [9.17, 15) is 0 Å². The SMILES string of the molecule is Cn1c(N2CCOCC2)nc(Cc2ccccc2)c1Cc1ccccc1. The van der Waals surface area contributed by atoms with E-state index in [1.165, 1.54) is 22.5 Å². The third-order valence-electron chi connectivity index (χ3n) is 5.00. The van der Waals surface area contributed by atoms with E-state index in [1.54, 1.807) is 0 Å². The molecular formula is C22H25N3O. The fraction of sp³-hybridized carbons (Fsp3) is 0.318. The van der Waals surface area contributed by atoms with Crippen LogP contribution in [0.25, 0.3) is 0 Å². The van der Waals surface area contributed by atoms with Crippen LogP contribution in [-0.2, 0) is 24.6 Å². The number of hydrogen-bond acceptors (Lipinski definition) is 3. The Morgan fingerprint density at radius 3 is 2.04 bits per heavy atom. The third kappa shape index (κ3) is 3.65. The highest BCUT2D eigenvalue weighted by molar-refractivity contribution is 5.41. The second-order valence-corrected chi connectivity index (χ2v) is 6.79. The fourth-order valence-electron chi connectivity index (χ4n) is 3.56. The number of benzene rings is 2. The molecule has 3 aromatic rings. The second-order valence-electron chi connectivity index (χ2n) is 6.79. The maximum Gasteiger partial charge on any atom is 0.205 e. The van der Waals surface area contributed by atoms with Crippen molar-refractivity contribution in [3.8, 4) is 0 Å². The predicted octanol–water partition coefficient (Wildman–Crippen LogP) is 3.44. The minimum Gasteiger partial charge on any atom is -0.378 e. The van der Waals surface area contributed by atoms with Gasteiger partial charge in [0.25, 0.3) is 0 Å². The van der Waals surface area contributed by atoms with Crippen LogP contribution in [0.1, 0.15) is 22.5 Å². The lowest BCUT2D eigenvalue weighted by molar-refractivity contribution is 0.121. The summed E-state index contributed by atoms with van der Waals surface area (Å²) in [4.78, 5) is 7.40. The molecule has 0 spiro atoms. The molecule has 0 amide bonds. The predicted molar refractivity (Wildman–Crippen MR) is 105 cm³/mol. The molecule has 0 radical (unpaired) electrons. The first kappa shape index (κ1) is 16.9. The lowest BCUT2D eigenvalue weighted by Crippen LogP contribution is -2.37. The normalized spacial score (nSPS) is 14.6. The van der Waals surface area contributed by atoms with Crippen LogP contribution in [0, 0.1) is 0 Å². The molecule has 0 aliphatic carbocycles. The first-order valence-electron chi connectivity index (χ1n) is 9.26. The van der Waals surface area contributed by atoms with Crippen LogP contribution in [0.3, 0.4) is 0 Å². The van der Waals surface area contributed by atoms with Gasteiger partial charge in [-0.05, 0) is 11.1 Å². The van der Waals surface area contributed by atoms with E-state index in [2.05, 4.69) is 77.2 Å². The van der Waals surface area contributed by atoms with Gasteiger partial charge in [0, 0.05) is 38.7 Å². The standard InChI is InChI=1S/C22H25N3O/c1-24-21(17-19-10-6-3-7-11-19)20(16-18-8-4-2-5-9-18)23-22(24)25-12-14-26-15-13-25/h2-11H,12-17H2,1H3. The van der Waals surface area contributed by atoms with Gasteiger partial charge in [-0.3, -0.25) is 0 Å². The minimum atomic E-state index is 0.773. The van der Waals surface area contributed by atoms with Crippen molar-refractivity contribution in [3.05, 3.63) is 83.2 Å². The average molecular weight is 347 g/mol. The lowest BCUT2D eigenvalue weighted by atomic mass is 10.0. The van der Waals surface area contributed by atoms with E-state index in [0.717, 1.165) is 45.1 Å². The highest BCUT2D eigenvalue weighted by Gasteiger charge is 2.21. The Hall–Kier alpha value is -2.59. The van der Waals surface area contributed by atoms with Gasteiger partial charge >= 0.3 is 0 Å². The minimum absolute atomic E-state index is 0.773. The number of ether oxygens (including phenoxy) is 1. The van der Waals surface area contributed by atoms with Crippen LogP contribution in [0.2, 0.25) is 0 Å². The summed E-state index contributed by atoms with van der Waals surface area (Å²) in [7, 11) is 2.14. The number of rotatable bonds is 5. The van der Waals surface area contributed by atoms with Gasteiger partial charge < -0.3 is 14.2 Å². The summed E-state index contributed by atoms with van der Waals surface area (Å²) >= 11 is 0. The molecule has 4 nitrogen and oxygen atoms in total. The van der Waals surface area contributed by atoms with Gasteiger partial charge in [0.15, 0.2) is 0 Å². The summed E-state index contributed by atoms with van der Waals surface area (Å²) in [6.45, 7) is 3.35. The summed E-state index contributed by atoms with van der Waals surface area (Å²) in [5.41, 5.74) is 5.08. The molecule has 1 aliphatic rings. The number of aromatic nitrogens is 2. The van der Waals surface area contributed by atoms with Gasteiger partial charge in [-0.25, -0.2) is 4.98 Å². The molecule has 0 atom stereocenters. The summed E-state index contributed by atoms with van der Waals surface area (Å²) in [6, 6.07) is 21.3. The van der Waals surface area contributed by atoms with Crippen molar-refractivity contribution in [1.29, 1.82) is 0 Å². The van der Waals surface area contributed by atoms with Crippen molar-refractivity contribution in [2.45, 2.75) is 12.8 Å². The second kappa shape index (κ2) is 7.75. The van der Waals surface area contributed by atoms with Crippen LogP contribution < -0.4 is 4.90 Å². The molecule has 1 saturated heterocycles. The Kier molecular flexibility index (Phi) is 5.02. The molecule has 26 heavy (non-hydrogen) atoms. The molecule has 0 unspecified atom stereocenters. The third-order valence-corrected chi connectivity index (χ3v) is 5.00. The smallest absolute Gasteiger partial charge is 0.205 e. The maximum atomic E-state index is 5.51. The van der Waals surface area contributed by atoms with Gasteiger partial charge in [0.2, 0.25) is 5.95 Å². The lowest BCUT2D eigenvalue weighted by Gasteiger charge is -2.27. The monoisotopic (exact) mass is 347 g/mol. The maximum absolute atomic E-state index is 5.51. The Morgan fingerprint density at radius 2 is 1.42 bits per heavy atom. The number of morpholine rings is 1. The number of anilines is 1. The highest BCUT2D eigenvalue weighted by Crippen LogP contribution is 2.24. The van der Waals surface area contributed by atoms with Gasteiger partial charge in [0.1, 0.15) is 0 Å². The first-order valence-corrected chi connectivity index (χ1v) is 9.26. The molecule has 1 aliphatic heterocycles. The Bertz CT molecular complexity index is 837. The molecule has 0 N–H and O–H groups in total. The van der Waals surface area contributed by atoms with E-state index in [0.29, 0.717) is 0 Å². The van der Waals surface area contributed by atoms with E-state index < -0.39 is 0 Å². The number of hydrogen-bond donors (Lipinski definition) is 0. The van der Waals surface area contributed by atoms with E-state index in [1.807, 2.05) is 0 Å². The van der Waals surface area contributed by atoms with Crippen LogP contribution in [-0.4, -0.2) is 35.9 Å². The van der Waals surface area contributed by atoms with Crippen LogP contribution >= 0.6 is 0 Å². The Labute approximate surface area is 155 Å². The molecule has 4 heteroatoms. The summed E-state index contributed by atoms with van der Waals surface area (Å²) in [6.07, 6.45) is 1.76. The largest absolute Gasteiger partial charge is 0.378 e. The van der Waals surface area contributed by atoms with Crippen LogP contribution in [0.15, 0.2) is 60.7 Å². The van der Waals surface area contributed by atoms with Gasteiger partial charge in [-0.1, -0.05) is 60.7 Å². The highest BCUT2D eigenvalue weighted by atomic mass is 16.5. The summed E-state index contributed by atoms with van der Waals surface area (Å²) < 4.78 is 7.79.